The number of carbonyl (C=O) groups is 2. The van der Waals surface area contributed by atoms with Gasteiger partial charge in [0.1, 0.15) is 11.6 Å². The zero-order valence-electron chi connectivity index (χ0n) is 14.2. The second kappa shape index (κ2) is 3.70. The van der Waals surface area contributed by atoms with Gasteiger partial charge in [-0.05, 0) is 73.0 Å². The van der Waals surface area contributed by atoms with Gasteiger partial charge in [0.15, 0.2) is 0 Å². The molecule has 8 atom stereocenters. The van der Waals surface area contributed by atoms with Gasteiger partial charge in [0.05, 0.1) is 5.41 Å². The fourth-order valence-electron chi connectivity index (χ4n) is 7.97. The van der Waals surface area contributed by atoms with E-state index in [2.05, 4.69) is 20.8 Å². The predicted molar refractivity (Wildman–Crippen MR) is 84.1 cm³/mol. The van der Waals surface area contributed by atoms with Crippen molar-refractivity contribution in [3.8, 4) is 0 Å². The van der Waals surface area contributed by atoms with Crippen molar-refractivity contribution in [3.63, 3.8) is 0 Å². The summed E-state index contributed by atoms with van der Waals surface area (Å²) in [6.45, 7) is 7.03. The Morgan fingerprint density at radius 2 is 1.77 bits per heavy atom. The van der Waals surface area contributed by atoms with Crippen LogP contribution >= 0.6 is 0 Å². The molecule has 0 N–H and O–H groups in total. The number of rotatable bonds is 0. The smallest absolute Gasteiger partial charge is 0.149 e. The molecule has 2 bridgehead atoms. The SMILES string of the molecule is C[C@H]1C(=O)[C@@]23CC[C@@H]4[C@@]5(C)C[C@H]5CC[C@@]4(C)[C@@H]2C[C@@H]1CC3=O. The summed E-state index contributed by atoms with van der Waals surface area (Å²) in [6.07, 6.45) is 7.81. The molecule has 6 saturated carbocycles. The second-order valence-electron chi connectivity index (χ2n) is 9.84. The van der Waals surface area contributed by atoms with Gasteiger partial charge in [-0.1, -0.05) is 20.8 Å². The summed E-state index contributed by atoms with van der Waals surface area (Å²) in [7, 11) is 0. The highest BCUT2D eigenvalue weighted by Gasteiger charge is 2.73. The first kappa shape index (κ1) is 13.7. The lowest BCUT2D eigenvalue weighted by atomic mass is 9.37. The van der Waals surface area contributed by atoms with Crippen LogP contribution < -0.4 is 0 Å². The summed E-state index contributed by atoms with van der Waals surface area (Å²) in [4.78, 5) is 26.1. The molecule has 6 rings (SSSR count). The number of fused-ring (bicyclic) bond motifs is 5. The van der Waals surface area contributed by atoms with Crippen LogP contribution in [-0.2, 0) is 9.59 Å². The third-order valence-corrected chi connectivity index (χ3v) is 9.34. The minimum absolute atomic E-state index is 0.127. The first-order chi connectivity index (χ1) is 10.3. The Morgan fingerprint density at radius 1 is 1.00 bits per heavy atom. The maximum absolute atomic E-state index is 13.1. The van der Waals surface area contributed by atoms with E-state index >= 15 is 0 Å². The third kappa shape index (κ3) is 1.24. The zero-order valence-corrected chi connectivity index (χ0v) is 14.2. The molecule has 0 aromatic heterocycles. The van der Waals surface area contributed by atoms with Crippen molar-refractivity contribution in [2.45, 2.75) is 65.7 Å². The Balaban J connectivity index is 1.63. The van der Waals surface area contributed by atoms with Crippen molar-refractivity contribution in [1.29, 1.82) is 0 Å². The summed E-state index contributed by atoms with van der Waals surface area (Å²) >= 11 is 0. The quantitative estimate of drug-likeness (QED) is 0.633. The monoisotopic (exact) mass is 300 g/mol. The molecule has 6 aliphatic rings. The molecule has 0 aromatic rings. The average molecular weight is 300 g/mol. The fraction of sp³-hybridized carbons (Fsp3) is 0.900. The van der Waals surface area contributed by atoms with Crippen LogP contribution in [0.4, 0.5) is 0 Å². The van der Waals surface area contributed by atoms with E-state index in [1.165, 1.54) is 19.3 Å². The van der Waals surface area contributed by atoms with Crippen LogP contribution in [0.5, 0.6) is 0 Å². The molecular formula is C20H28O2. The third-order valence-electron chi connectivity index (χ3n) is 9.34. The van der Waals surface area contributed by atoms with Crippen molar-refractivity contribution >= 4 is 11.6 Å². The molecule has 6 aliphatic carbocycles. The van der Waals surface area contributed by atoms with E-state index in [9.17, 15) is 9.59 Å². The van der Waals surface area contributed by atoms with Gasteiger partial charge in [0.2, 0.25) is 0 Å². The van der Waals surface area contributed by atoms with Crippen LogP contribution in [0.25, 0.3) is 0 Å². The van der Waals surface area contributed by atoms with Crippen LogP contribution in [0, 0.1) is 45.8 Å². The standard InChI is InChI=1S/C20H28O2/c1-11-12-8-15-18(2)6-4-13-10-19(13,3)14(18)5-7-20(15,17(11)22)16(21)9-12/h11-15H,4-10H2,1-3H3/t11-,12-,13-,14+,15+,18-,19+,20+/m1/s1. The normalized spacial score (nSPS) is 62.2. The largest absolute Gasteiger partial charge is 0.299 e. The molecular weight excluding hydrogens is 272 g/mol. The van der Waals surface area contributed by atoms with E-state index in [1.54, 1.807) is 0 Å². The second-order valence-corrected chi connectivity index (χ2v) is 9.84. The molecule has 0 amide bonds. The number of hydrogen-bond donors (Lipinski definition) is 0. The maximum Gasteiger partial charge on any atom is 0.149 e. The summed E-state index contributed by atoms with van der Waals surface area (Å²) in [6, 6.07) is 0. The van der Waals surface area contributed by atoms with Crippen LogP contribution in [0.15, 0.2) is 0 Å². The minimum atomic E-state index is -0.572. The van der Waals surface area contributed by atoms with Crippen LogP contribution in [-0.4, -0.2) is 11.6 Å². The Bertz CT molecular complexity index is 595. The van der Waals surface area contributed by atoms with Crippen molar-refractivity contribution in [2.75, 3.05) is 0 Å². The zero-order chi connectivity index (χ0) is 15.5. The Morgan fingerprint density at radius 3 is 2.55 bits per heavy atom. The molecule has 120 valence electrons. The molecule has 0 unspecified atom stereocenters. The number of carbonyl (C=O) groups excluding carboxylic acids is 2. The van der Waals surface area contributed by atoms with Gasteiger partial charge in [0.25, 0.3) is 0 Å². The first-order valence-electron chi connectivity index (χ1n) is 9.41. The van der Waals surface area contributed by atoms with E-state index < -0.39 is 5.41 Å². The highest BCUT2D eigenvalue weighted by atomic mass is 16.2. The topological polar surface area (TPSA) is 34.1 Å². The molecule has 2 heteroatoms. The van der Waals surface area contributed by atoms with Crippen LogP contribution in [0.2, 0.25) is 0 Å². The molecule has 6 fully saturated rings. The summed E-state index contributed by atoms with van der Waals surface area (Å²) < 4.78 is 0. The van der Waals surface area contributed by atoms with Gasteiger partial charge in [-0.3, -0.25) is 9.59 Å². The van der Waals surface area contributed by atoms with E-state index in [0.717, 1.165) is 31.1 Å². The molecule has 0 aliphatic heterocycles. The minimum Gasteiger partial charge on any atom is -0.299 e. The molecule has 0 radical (unpaired) electrons. The number of hydrogen-bond acceptors (Lipinski definition) is 2. The molecule has 1 spiro atoms. The lowest BCUT2D eigenvalue weighted by Crippen LogP contribution is -2.67. The van der Waals surface area contributed by atoms with Gasteiger partial charge in [0, 0.05) is 12.3 Å². The maximum atomic E-state index is 13.1. The van der Waals surface area contributed by atoms with Gasteiger partial charge in [-0.25, -0.2) is 0 Å². The highest BCUT2D eigenvalue weighted by Crippen LogP contribution is 2.76. The molecule has 22 heavy (non-hydrogen) atoms. The van der Waals surface area contributed by atoms with E-state index in [1.807, 2.05) is 0 Å². The fourth-order valence-corrected chi connectivity index (χ4v) is 7.97. The summed E-state index contributed by atoms with van der Waals surface area (Å²) in [5.74, 6) is 3.16. The van der Waals surface area contributed by atoms with Crippen molar-refractivity contribution in [2.24, 2.45) is 45.8 Å². The highest BCUT2D eigenvalue weighted by molar-refractivity contribution is 6.11. The lowest BCUT2D eigenvalue weighted by Gasteiger charge is -2.65. The van der Waals surface area contributed by atoms with Crippen LogP contribution in [0.3, 0.4) is 0 Å². The Kier molecular flexibility index (Phi) is 2.31. The van der Waals surface area contributed by atoms with Gasteiger partial charge >= 0.3 is 0 Å². The summed E-state index contributed by atoms with van der Waals surface area (Å²) in [5, 5.41) is 0. The number of Topliss-reactive ketones (excluding diaryl/α,β-unsaturated/α-hetero) is 2. The Hall–Kier alpha value is -0.660. The average Bonchev–Trinajstić information content (AvgIpc) is 3.16. The van der Waals surface area contributed by atoms with Crippen molar-refractivity contribution in [1.82, 2.24) is 0 Å². The summed E-state index contributed by atoms with van der Waals surface area (Å²) in [5.41, 5.74) is 0.199. The molecule has 0 saturated heterocycles. The van der Waals surface area contributed by atoms with Crippen molar-refractivity contribution in [3.05, 3.63) is 0 Å². The molecule has 2 nitrogen and oxygen atoms in total. The van der Waals surface area contributed by atoms with Gasteiger partial charge < -0.3 is 0 Å². The molecule has 0 aromatic carbocycles. The van der Waals surface area contributed by atoms with Crippen LogP contribution in [0.1, 0.15) is 65.7 Å². The van der Waals surface area contributed by atoms with Gasteiger partial charge in [-0.15, -0.1) is 0 Å². The molecule has 0 heterocycles. The van der Waals surface area contributed by atoms with Crippen molar-refractivity contribution < 1.29 is 9.59 Å². The van der Waals surface area contributed by atoms with E-state index in [-0.39, 0.29) is 11.3 Å². The Labute approximate surface area is 133 Å². The number of ketones is 2. The first-order valence-corrected chi connectivity index (χ1v) is 9.41. The van der Waals surface area contributed by atoms with E-state index in [0.29, 0.717) is 35.2 Å². The predicted octanol–water partition coefficient (Wildman–Crippen LogP) is 4.02. The van der Waals surface area contributed by atoms with E-state index in [4.69, 9.17) is 0 Å². The lowest BCUT2D eigenvalue weighted by molar-refractivity contribution is -0.190. The van der Waals surface area contributed by atoms with Gasteiger partial charge in [-0.2, -0.15) is 0 Å².